The van der Waals surface area contributed by atoms with Gasteiger partial charge in [0.15, 0.2) is 5.76 Å². The monoisotopic (exact) mass is 588 g/mol. The summed E-state index contributed by atoms with van der Waals surface area (Å²) in [6.07, 6.45) is 1.42. The first-order valence-electron chi connectivity index (χ1n) is 14.9. The summed E-state index contributed by atoms with van der Waals surface area (Å²) in [5.74, 6) is -2.63. The van der Waals surface area contributed by atoms with Crippen molar-refractivity contribution in [2.24, 2.45) is 16.7 Å². The molecule has 1 heterocycles. The third-order valence-electron chi connectivity index (χ3n) is 9.81. The summed E-state index contributed by atoms with van der Waals surface area (Å²) in [7, 11) is 5.50. The van der Waals surface area contributed by atoms with Crippen molar-refractivity contribution in [3.63, 3.8) is 0 Å². The summed E-state index contributed by atoms with van der Waals surface area (Å²) in [4.78, 5) is 44.4. The van der Waals surface area contributed by atoms with Gasteiger partial charge in [0.05, 0.1) is 23.7 Å². The molecule has 10 heteroatoms. The van der Waals surface area contributed by atoms with E-state index >= 15 is 0 Å². The molecule has 0 unspecified atom stereocenters. The zero-order chi connectivity index (χ0) is 31.4. The van der Waals surface area contributed by atoms with E-state index in [1.165, 1.54) is 14.0 Å². The standard InChI is InChI=1S/C32H48N2O8/c1-18(35)41-21-15-31(5)20(11-12-22(31)36)24-26(21)32(6)23(17-40-9)42-29(39)19(25(32)28(38)27(24)37)16-34(30(2,3)4)14-10-13-33(7)8/h16,20-23,36,38H,10-15,17H2,1-9H3/b19-16+/t20-,21+,22-,23+,31-,32-/m0/s1. The highest BCUT2D eigenvalue weighted by Crippen LogP contribution is 2.63. The van der Waals surface area contributed by atoms with Crippen LogP contribution >= 0.6 is 0 Å². The fraction of sp³-hybridized carbons (Fsp3) is 0.719. The van der Waals surface area contributed by atoms with Crippen molar-refractivity contribution in [3.05, 3.63) is 34.3 Å². The van der Waals surface area contributed by atoms with Crippen molar-refractivity contribution in [3.8, 4) is 0 Å². The van der Waals surface area contributed by atoms with Gasteiger partial charge in [-0.05, 0) is 85.5 Å². The van der Waals surface area contributed by atoms with Crippen LogP contribution in [0.2, 0.25) is 0 Å². The number of esters is 2. The summed E-state index contributed by atoms with van der Waals surface area (Å²) in [5.41, 5.74) is -1.18. The van der Waals surface area contributed by atoms with E-state index in [-0.39, 0.29) is 29.2 Å². The number of ether oxygens (including phenoxy) is 3. The lowest BCUT2D eigenvalue weighted by Crippen LogP contribution is -2.57. The summed E-state index contributed by atoms with van der Waals surface area (Å²) in [6.45, 7) is 12.6. The van der Waals surface area contributed by atoms with E-state index in [0.717, 1.165) is 13.0 Å². The first-order chi connectivity index (χ1) is 19.5. The van der Waals surface area contributed by atoms with Gasteiger partial charge in [0.2, 0.25) is 5.78 Å². The number of fused-ring (bicyclic) bond motifs is 4. The Morgan fingerprint density at radius 1 is 1.17 bits per heavy atom. The molecule has 42 heavy (non-hydrogen) atoms. The molecule has 0 spiro atoms. The van der Waals surface area contributed by atoms with Gasteiger partial charge in [0, 0.05) is 48.9 Å². The molecular formula is C32H48N2O8. The average Bonchev–Trinajstić information content (AvgIpc) is 3.16. The summed E-state index contributed by atoms with van der Waals surface area (Å²) in [5, 5.41) is 22.8. The van der Waals surface area contributed by atoms with Gasteiger partial charge in [0.25, 0.3) is 0 Å². The number of methoxy groups -OCH3 is 1. The molecule has 0 amide bonds. The minimum Gasteiger partial charge on any atom is -0.504 e. The van der Waals surface area contributed by atoms with Crippen LogP contribution < -0.4 is 0 Å². The Morgan fingerprint density at radius 2 is 1.83 bits per heavy atom. The van der Waals surface area contributed by atoms with Gasteiger partial charge in [0.1, 0.15) is 12.2 Å². The number of allylic oxidation sites excluding steroid dienone is 1. The molecule has 3 aliphatic carbocycles. The van der Waals surface area contributed by atoms with Crippen molar-refractivity contribution in [2.45, 2.75) is 91.1 Å². The second kappa shape index (κ2) is 11.4. The molecule has 0 aromatic carbocycles. The number of cyclic esters (lactones) is 1. The Labute approximate surface area is 249 Å². The van der Waals surface area contributed by atoms with Crippen LogP contribution in [0.1, 0.15) is 67.2 Å². The number of aliphatic hydroxyl groups excluding tert-OH is 2. The third-order valence-corrected chi connectivity index (χ3v) is 9.81. The number of Topliss-reactive ketones (excluding diaryl/α,β-unsaturated/α-hetero) is 1. The van der Waals surface area contributed by atoms with E-state index in [4.69, 9.17) is 14.2 Å². The predicted octanol–water partition coefficient (Wildman–Crippen LogP) is 3.30. The summed E-state index contributed by atoms with van der Waals surface area (Å²) >= 11 is 0. The van der Waals surface area contributed by atoms with Gasteiger partial charge in [-0.15, -0.1) is 0 Å². The van der Waals surface area contributed by atoms with Crippen molar-refractivity contribution in [1.29, 1.82) is 0 Å². The topological polar surface area (TPSA) is 126 Å². The summed E-state index contributed by atoms with van der Waals surface area (Å²) in [6, 6.07) is 0. The number of carbonyl (C=O) groups excluding carboxylic acids is 3. The van der Waals surface area contributed by atoms with Gasteiger partial charge in [-0.3, -0.25) is 9.59 Å². The molecule has 6 atom stereocenters. The SMILES string of the molecule is COC[C@H]1OC(=O)/C(=C/N(CCCN(C)C)C(C)(C)C)C2=C(O)C(=O)C3=C([C@H](OC(C)=O)C[C@]4(C)[C@@H](O)CC[C@@H]34)[C@]21C. The Balaban J connectivity index is 1.96. The number of carbonyl (C=O) groups is 3. The van der Waals surface area contributed by atoms with E-state index in [9.17, 15) is 24.6 Å². The fourth-order valence-corrected chi connectivity index (χ4v) is 7.58. The fourth-order valence-electron chi connectivity index (χ4n) is 7.58. The zero-order valence-corrected chi connectivity index (χ0v) is 26.6. The Morgan fingerprint density at radius 3 is 2.40 bits per heavy atom. The van der Waals surface area contributed by atoms with E-state index in [1.807, 2.05) is 53.6 Å². The lowest BCUT2D eigenvalue weighted by atomic mass is 9.53. The van der Waals surface area contributed by atoms with Crippen LogP contribution in [0.5, 0.6) is 0 Å². The normalized spacial score (nSPS) is 33.9. The van der Waals surface area contributed by atoms with Gasteiger partial charge in [-0.1, -0.05) is 6.92 Å². The number of ketones is 1. The van der Waals surface area contributed by atoms with Crippen LogP contribution in [-0.2, 0) is 28.6 Å². The largest absolute Gasteiger partial charge is 0.504 e. The quantitative estimate of drug-likeness (QED) is 0.322. The Bertz CT molecular complexity index is 1230. The molecule has 1 saturated heterocycles. The van der Waals surface area contributed by atoms with E-state index < -0.39 is 52.6 Å². The van der Waals surface area contributed by atoms with E-state index in [2.05, 4.69) is 4.90 Å². The number of hydrogen-bond donors (Lipinski definition) is 2. The maximum absolute atomic E-state index is 14.2. The maximum atomic E-state index is 14.2. The molecule has 0 radical (unpaired) electrons. The summed E-state index contributed by atoms with van der Waals surface area (Å²) < 4.78 is 17.5. The molecule has 234 valence electrons. The first-order valence-corrected chi connectivity index (χ1v) is 14.9. The molecule has 1 aliphatic heterocycles. The molecular weight excluding hydrogens is 540 g/mol. The number of aliphatic hydroxyl groups is 2. The van der Waals surface area contributed by atoms with Crippen molar-refractivity contribution in [1.82, 2.24) is 9.80 Å². The molecule has 0 aromatic heterocycles. The molecule has 10 nitrogen and oxygen atoms in total. The van der Waals surface area contributed by atoms with Crippen LogP contribution in [0.3, 0.4) is 0 Å². The molecule has 4 rings (SSSR count). The number of hydrogen-bond acceptors (Lipinski definition) is 10. The highest BCUT2D eigenvalue weighted by molar-refractivity contribution is 6.13. The second-order valence-corrected chi connectivity index (χ2v) is 13.9. The Kier molecular flexibility index (Phi) is 8.77. The minimum absolute atomic E-state index is 0.000438. The molecule has 2 N–H and O–H groups in total. The van der Waals surface area contributed by atoms with E-state index in [1.54, 1.807) is 6.20 Å². The van der Waals surface area contributed by atoms with E-state index in [0.29, 0.717) is 37.0 Å². The lowest BCUT2D eigenvalue weighted by Gasteiger charge is -2.54. The predicted molar refractivity (Wildman–Crippen MR) is 156 cm³/mol. The molecule has 0 aromatic rings. The average molecular weight is 589 g/mol. The molecule has 4 aliphatic rings. The lowest BCUT2D eigenvalue weighted by molar-refractivity contribution is -0.161. The molecule has 2 fully saturated rings. The molecule has 0 bridgehead atoms. The Hall–Kier alpha value is -2.69. The number of rotatable bonds is 8. The zero-order valence-electron chi connectivity index (χ0n) is 26.6. The van der Waals surface area contributed by atoms with Gasteiger partial charge in [-0.25, -0.2) is 4.79 Å². The van der Waals surface area contributed by atoms with Crippen molar-refractivity contribution < 1.29 is 38.8 Å². The highest BCUT2D eigenvalue weighted by Gasteiger charge is 2.64. The van der Waals surface area contributed by atoms with Crippen LogP contribution in [0.25, 0.3) is 0 Å². The molecule has 1 saturated carbocycles. The van der Waals surface area contributed by atoms with Gasteiger partial charge >= 0.3 is 11.9 Å². The van der Waals surface area contributed by atoms with Crippen LogP contribution in [0.15, 0.2) is 34.3 Å². The van der Waals surface area contributed by atoms with Crippen molar-refractivity contribution in [2.75, 3.05) is 40.9 Å². The van der Waals surface area contributed by atoms with Crippen LogP contribution in [-0.4, -0.2) is 102 Å². The second-order valence-electron chi connectivity index (χ2n) is 13.9. The highest BCUT2D eigenvalue weighted by atomic mass is 16.6. The van der Waals surface area contributed by atoms with Crippen LogP contribution in [0.4, 0.5) is 0 Å². The minimum atomic E-state index is -1.23. The first kappa shape index (κ1) is 32.2. The van der Waals surface area contributed by atoms with Crippen LogP contribution in [0, 0.1) is 16.7 Å². The maximum Gasteiger partial charge on any atom is 0.340 e. The van der Waals surface area contributed by atoms with Crippen molar-refractivity contribution >= 4 is 17.7 Å². The van der Waals surface area contributed by atoms with Gasteiger partial charge in [-0.2, -0.15) is 0 Å². The van der Waals surface area contributed by atoms with Gasteiger partial charge < -0.3 is 34.2 Å². The smallest absolute Gasteiger partial charge is 0.340 e. The third kappa shape index (κ3) is 5.30. The number of nitrogens with zero attached hydrogens (tertiary/aromatic N) is 2.